The zero-order chi connectivity index (χ0) is 20.9. The smallest absolute Gasteiger partial charge is 0.254 e. The van der Waals surface area contributed by atoms with Crippen LogP contribution in [0.1, 0.15) is 23.7 Å². The Hall–Kier alpha value is -2.57. The largest absolute Gasteiger partial charge is 0.492 e. The van der Waals surface area contributed by atoms with E-state index in [1.54, 1.807) is 24.0 Å². The van der Waals surface area contributed by atoms with Crippen LogP contribution in [0.4, 0.5) is 0 Å². The van der Waals surface area contributed by atoms with Gasteiger partial charge in [-0.25, -0.2) is 0 Å². The molecule has 0 spiro atoms. The van der Waals surface area contributed by atoms with Crippen molar-refractivity contribution < 1.29 is 19.4 Å². The van der Waals surface area contributed by atoms with Crippen molar-refractivity contribution in [2.45, 2.75) is 25.0 Å². The molecule has 2 atom stereocenters. The Balaban J connectivity index is 1.62. The first kappa shape index (κ1) is 21.1. The third-order valence-corrected chi connectivity index (χ3v) is 5.06. The minimum atomic E-state index is -1.14. The molecule has 0 unspecified atom stereocenters. The molecule has 1 N–H and O–H groups in total. The Bertz CT molecular complexity index is 808. The Morgan fingerprint density at radius 2 is 1.90 bits per heavy atom. The maximum Gasteiger partial charge on any atom is 0.254 e. The number of carbonyl (C=O) groups is 1. The fourth-order valence-corrected chi connectivity index (χ4v) is 3.42. The van der Waals surface area contributed by atoms with Crippen LogP contribution >= 0.6 is 0 Å². The number of aliphatic hydroxyl groups is 1. The summed E-state index contributed by atoms with van der Waals surface area (Å²) in [6.07, 6.45) is 0.196. The SMILES string of the molecule is CN(C)CCOc1cccc(C(=O)N2CC[C@H](Oc3ccccc3)[C@@](C)(O)C2)c1. The number of likely N-dealkylation sites (N-methyl/N-ethyl adjacent to an activating group) is 1. The van der Waals surface area contributed by atoms with Gasteiger partial charge in [-0.3, -0.25) is 4.79 Å². The highest BCUT2D eigenvalue weighted by atomic mass is 16.5. The minimum Gasteiger partial charge on any atom is -0.492 e. The topological polar surface area (TPSA) is 62.2 Å². The van der Waals surface area contributed by atoms with Gasteiger partial charge in [-0.05, 0) is 51.4 Å². The number of amides is 1. The van der Waals surface area contributed by atoms with Crippen LogP contribution in [0.15, 0.2) is 54.6 Å². The van der Waals surface area contributed by atoms with Gasteiger partial charge in [-0.2, -0.15) is 0 Å². The van der Waals surface area contributed by atoms with E-state index in [-0.39, 0.29) is 18.6 Å². The predicted octanol–water partition coefficient (Wildman–Crippen LogP) is 2.67. The second-order valence-electron chi connectivity index (χ2n) is 7.97. The van der Waals surface area contributed by atoms with Crippen molar-refractivity contribution in [2.24, 2.45) is 0 Å². The van der Waals surface area contributed by atoms with Crippen molar-refractivity contribution in [1.82, 2.24) is 9.80 Å². The molecular weight excluding hydrogens is 368 g/mol. The van der Waals surface area contributed by atoms with Crippen molar-refractivity contribution in [3.8, 4) is 11.5 Å². The third-order valence-electron chi connectivity index (χ3n) is 5.06. The van der Waals surface area contributed by atoms with E-state index in [1.807, 2.05) is 61.5 Å². The van der Waals surface area contributed by atoms with E-state index in [0.29, 0.717) is 30.9 Å². The number of carbonyl (C=O) groups excluding carboxylic acids is 1. The van der Waals surface area contributed by atoms with Gasteiger partial charge in [0.25, 0.3) is 5.91 Å². The molecule has 29 heavy (non-hydrogen) atoms. The average molecular weight is 399 g/mol. The Morgan fingerprint density at radius 3 is 2.59 bits per heavy atom. The first-order valence-electron chi connectivity index (χ1n) is 9.96. The van der Waals surface area contributed by atoms with Gasteiger partial charge < -0.3 is 24.4 Å². The van der Waals surface area contributed by atoms with Gasteiger partial charge >= 0.3 is 0 Å². The summed E-state index contributed by atoms with van der Waals surface area (Å²) in [5.74, 6) is 1.29. The molecule has 2 aromatic carbocycles. The van der Waals surface area contributed by atoms with Crippen LogP contribution in [0.3, 0.4) is 0 Å². The number of likely N-dealkylation sites (tertiary alicyclic amines) is 1. The zero-order valence-electron chi connectivity index (χ0n) is 17.4. The summed E-state index contributed by atoms with van der Waals surface area (Å²) in [5, 5.41) is 10.9. The van der Waals surface area contributed by atoms with Crippen LogP contribution in [-0.4, -0.2) is 72.9 Å². The molecule has 3 rings (SSSR count). The molecule has 1 fully saturated rings. The molecule has 1 heterocycles. The van der Waals surface area contributed by atoms with Gasteiger partial charge in [0.2, 0.25) is 0 Å². The number of para-hydroxylation sites is 1. The van der Waals surface area contributed by atoms with E-state index in [0.717, 1.165) is 12.3 Å². The van der Waals surface area contributed by atoms with Gasteiger partial charge in [0.1, 0.15) is 29.8 Å². The molecule has 6 nitrogen and oxygen atoms in total. The number of β-amino-alcohol motifs (C(OH)–C–C–N with tert-alkyl or cyclic N) is 1. The molecule has 1 aliphatic rings. The normalized spacial score (nSPS) is 21.8. The van der Waals surface area contributed by atoms with Gasteiger partial charge in [-0.1, -0.05) is 24.3 Å². The summed E-state index contributed by atoms with van der Waals surface area (Å²) in [7, 11) is 3.97. The van der Waals surface area contributed by atoms with Crippen LogP contribution < -0.4 is 9.47 Å². The number of rotatable bonds is 7. The van der Waals surface area contributed by atoms with E-state index >= 15 is 0 Å². The Morgan fingerprint density at radius 1 is 1.17 bits per heavy atom. The van der Waals surface area contributed by atoms with Crippen LogP contribution in [-0.2, 0) is 0 Å². The number of piperidine rings is 1. The maximum absolute atomic E-state index is 13.0. The number of hydrogen-bond donors (Lipinski definition) is 1. The maximum atomic E-state index is 13.0. The Kier molecular flexibility index (Phi) is 6.77. The number of nitrogens with zero attached hydrogens (tertiary/aromatic N) is 2. The molecule has 1 amide bonds. The average Bonchev–Trinajstić information content (AvgIpc) is 2.69. The van der Waals surface area contributed by atoms with Gasteiger partial charge in [0, 0.05) is 25.1 Å². The fourth-order valence-electron chi connectivity index (χ4n) is 3.42. The molecule has 0 radical (unpaired) electrons. The molecule has 1 aliphatic heterocycles. The molecule has 0 bridgehead atoms. The van der Waals surface area contributed by atoms with Gasteiger partial charge in [-0.15, -0.1) is 0 Å². The highest BCUT2D eigenvalue weighted by Gasteiger charge is 2.41. The Labute approximate surface area is 172 Å². The first-order valence-corrected chi connectivity index (χ1v) is 9.96. The molecule has 2 aromatic rings. The fraction of sp³-hybridized carbons (Fsp3) is 0.435. The van der Waals surface area contributed by atoms with Crippen molar-refractivity contribution >= 4 is 5.91 Å². The lowest BCUT2D eigenvalue weighted by Crippen LogP contribution is -2.58. The second-order valence-corrected chi connectivity index (χ2v) is 7.97. The third kappa shape index (κ3) is 5.71. The van der Waals surface area contributed by atoms with E-state index in [9.17, 15) is 9.90 Å². The van der Waals surface area contributed by atoms with Crippen LogP contribution in [0, 0.1) is 0 Å². The molecule has 6 heteroatoms. The summed E-state index contributed by atoms with van der Waals surface area (Å²) < 4.78 is 11.7. The van der Waals surface area contributed by atoms with Crippen LogP contribution in [0.25, 0.3) is 0 Å². The van der Waals surface area contributed by atoms with Crippen LogP contribution in [0.5, 0.6) is 11.5 Å². The molecule has 1 saturated heterocycles. The molecular formula is C23H30N2O4. The number of ether oxygens (including phenoxy) is 2. The molecule has 0 saturated carbocycles. The van der Waals surface area contributed by atoms with E-state index < -0.39 is 5.60 Å². The summed E-state index contributed by atoms with van der Waals surface area (Å²) in [6.45, 7) is 3.83. The van der Waals surface area contributed by atoms with E-state index in [1.165, 1.54) is 0 Å². The highest BCUT2D eigenvalue weighted by Crippen LogP contribution is 2.27. The van der Waals surface area contributed by atoms with Crippen molar-refractivity contribution in [2.75, 3.05) is 40.3 Å². The van der Waals surface area contributed by atoms with Gasteiger partial charge in [0.15, 0.2) is 0 Å². The highest BCUT2D eigenvalue weighted by molar-refractivity contribution is 5.94. The monoisotopic (exact) mass is 398 g/mol. The van der Waals surface area contributed by atoms with E-state index in [2.05, 4.69) is 0 Å². The number of hydrogen-bond acceptors (Lipinski definition) is 5. The lowest BCUT2D eigenvalue weighted by molar-refractivity contribution is -0.0899. The van der Waals surface area contributed by atoms with Crippen molar-refractivity contribution in [3.05, 3.63) is 60.2 Å². The molecule has 0 aliphatic carbocycles. The van der Waals surface area contributed by atoms with Crippen LogP contribution in [0.2, 0.25) is 0 Å². The number of benzene rings is 2. The van der Waals surface area contributed by atoms with Crippen molar-refractivity contribution in [1.29, 1.82) is 0 Å². The quantitative estimate of drug-likeness (QED) is 0.777. The second kappa shape index (κ2) is 9.29. The summed E-state index contributed by atoms with van der Waals surface area (Å²) in [5.41, 5.74) is -0.575. The van der Waals surface area contributed by atoms with Gasteiger partial charge in [0.05, 0.1) is 6.54 Å². The lowest BCUT2D eigenvalue weighted by atomic mass is 9.91. The van der Waals surface area contributed by atoms with E-state index in [4.69, 9.17) is 9.47 Å². The minimum absolute atomic E-state index is 0.110. The molecule has 0 aromatic heterocycles. The summed E-state index contributed by atoms with van der Waals surface area (Å²) in [6, 6.07) is 16.7. The first-order chi connectivity index (χ1) is 13.8. The predicted molar refractivity (Wildman–Crippen MR) is 112 cm³/mol. The molecule has 156 valence electrons. The summed E-state index contributed by atoms with van der Waals surface area (Å²) in [4.78, 5) is 16.7. The standard InChI is InChI=1S/C23H30N2O4/c1-23(27)17-25(13-12-21(23)29-19-9-5-4-6-10-19)22(26)18-8-7-11-20(16-18)28-15-14-24(2)3/h4-11,16,21,27H,12-15,17H2,1-3H3/t21-,23-/m0/s1. The summed E-state index contributed by atoms with van der Waals surface area (Å²) >= 11 is 0. The zero-order valence-corrected chi connectivity index (χ0v) is 17.4. The lowest BCUT2D eigenvalue weighted by Gasteiger charge is -2.42. The van der Waals surface area contributed by atoms with Crippen molar-refractivity contribution in [3.63, 3.8) is 0 Å².